The largest absolute Gasteiger partial charge is 0.448 e. The molecule has 0 aromatic heterocycles. The van der Waals surface area contributed by atoms with E-state index in [0.717, 1.165) is 81.5 Å². The van der Waals surface area contributed by atoms with Gasteiger partial charge in [-0.05, 0) is 260 Å². The van der Waals surface area contributed by atoms with Crippen molar-refractivity contribution in [1.29, 1.82) is 0 Å². The number of nitrogens with zero attached hydrogens (tertiary/aromatic N) is 3. The third-order valence-corrected chi connectivity index (χ3v) is 21.5. The number of imide groups is 3. The lowest BCUT2D eigenvalue weighted by molar-refractivity contribution is -0.121. The Labute approximate surface area is 707 Å². The molecule has 0 saturated heterocycles. The Bertz CT molecular complexity index is 4560. The number of fused-ring (bicyclic) bond motifs is 9. The van der Waals surface area contributed by atoms with Crippen LogP contribution in [0, 0.1) is 0 Å². The smallest absolute Gasteiger partial charge is 0.420 e. The lowest BCUT2D eigenvalue weighted by Crippen LogP contribution is -2.52. The van der Waals surface area contributed by atoms with Gasteiger partial charge in [-0.25, -0.2) is 28.8 Å². The van der Waals surface area contributed by atoms with Crippen molar-refractivity contribution in [1.82, 2.24) is 14.7 Å². The molecule has 9 amide bonds. The zero-order valence-electron chi connectivity index (χ0n) is 70.1. The molecule has 0 fully saturated rings. The minimum atomic E-state index is -1.44. The molecular weight excluding hydrogens is 1530 g/mol. The molecule has 3 atom stereocenters. The van der Waals surface area contributed by atoms with Gasteiger partial charge in [0.25, 0.3) is 0 Å². The number of hydrogen-bond acceptors (Lipinski definition) is 18. The molecule has 0 radical (unpaired) electrons. The number of nitrogens with one attached hydrogen (secondary N) is 3. The molecule has 3 aliphatic rings. The van der Waals surface area contributed by atoms with Gasteiger partial charge in [-0.1, -0.05) is 182 Å². The third-order valence-electron chi connectivity index (χ3n) is 21.5. The molecule has 0 spiro atoms. The fourth-order valence-electron chi connectivity index (χ4n) is 16.0. The number of carbonyl (C=O) groups is 9. The van der Waals surface area contributed by atoms with Gasteiger partial charge in [0.1, 0.15) is 54.7 Å². The van der Waals surface area contributed by atoms with Crippen molar-refractivity contribution in [3.05, 3.63) is 268 Å². The first-order chi connectivity index (χ1) is 58.0. The Morgan fingerprint density at radius 1 is 0.298 bits per heavy atom. The van der Waals surface area contributed by atoms with Crippen LogP contribution in [0.1, 0.15) is 194 Å². The molecule has 0 unspecified atom stereocenters. The van der Waals surface area contributed by atoms with Gasteiger partial charge in [0, 0.05) is 40.7 Å². The van der Waals surface area contributed by atoms with E-state index >= 15 is 14.4 Å². The minimum Gasteiger partial charge on any atom is -0.448 e. The van der Waals surface area contributed by atoms with E-state index in [4.69, 9.17) is 45.6 Å². The Kier molecular flexibility index (Phi) is 28.4. The summed E-state index contributed by atoms with van der Waals surface area (Å²) in [6, 6.07) is 63.6. The average Bonchev–Trinajstić information content (AvgIpc) is 1.59. The summed E-state index contributed by atoms with van der Waals surface area (Å²) in [4.78, 5) is 135. The summed E-state index contributed by atoms with van der Waals surface area (Å²) in [5.41, 5.74) is 29.3. The molecule has 24 nitrogen and oxygen atoms in total. The van der Waals surface area contributed by atoms with E-state index in [-0.39, 0.29) is 76.5 Å². The molecular formula is C97H109N9O15. The topological polar surface area (TPSA) is 333 Å². The second-order valence-corrected chi connectivity index (χ2v) is 33.6. The highest BCUT2D eigenvalue weighted by Gasteiger charge is 2.44. The molecule has 121 heavy (non-hydrogen) atoms. The van der Waals surface area contributed by atoms with Crippen LogP contribution in [0.4, 0.5) is 45.8 Å². The van der Waals surface area contributed by atoms with Crippen LogP contribution in [0.5, 0.6) is 0 Å². The summed E-state index contributed by atoms with van der Waals surface area (Å²) in [6.45, 7) is 15.3. The van der Waals surface area contributed by atoms with E-state index in [9.17, 15) is 28.8 Å². The van der Waals surface area contributed by atoms with E-state index in [1.807, 2.05) is 146 Å². The number of carbonyl (C=O) groups excluding carboxylic acids is 9. The third kappa shape index (κ3) is 21.4. The summed E-state index contributed by atoms with van der Waals surface area (Å²) in [6.07, 6.45) is -4.02. The number of ether oxygens (including phenoxy) is 6. The zero-order valence-corrected chi connectivity index (χ0v) is 70.1. The monoisotopic (exact) mass is 1640 g/mol. The number of nitrogens with two attached hydrogens (primary N) is 3. The van der Waals surface area contributed by atoms with Gasteiger partial charge >= 0.3 is 36.6 Å². The molecule has 9 aromatic rings. The van der Waals surface area contributed by atoms with Gasteiger partial charge in [0.05, 0.1) is 0 Å². The van der Waals surface area contributed by atoms with Crippen molar-refractivity contribution in [2.45, 2.75) is 179 Å². The van der Waals surface area contributed by atoms with Gasteiger partial charge < -0.3 is 61.6 Å². The summed E-state index contributed by atoms with van der Waals surface area (Å²) < 4.78 is 35.8. The quantitative estimate of drug-likeness (QED) is 0.0138. The van der Waals surface area contributed by atoms with Crippen LogP contribution in [0.25, 0.3) is 33.4 Å². The van der Waals surface area contributed by atoms with Gasteiger partial charge in [-0.2, -0.15) is 14.7 Å². The van der Waals surface area contributed by atoms with Crippen LogP contribution >= 0.6 is 0 Å². The fourth-order valence-corrected chi connectivity index (χ4v) is 16.0. The van der Waals surface area contributed by atoms with Crippen molar-refractivity contribution in [3.8, 4) is 33.4 Å². The SMILES string of the molecule is CC(C)(C)OC(=O)N(C(=O)OCC1c2ccccc2-c2ccccc21)[C@H](CCCCN)C(=O)Nc1ccc(C(c2ccc(NC(=O)[C@@H](CCCCN)N(C(=O)OCC3c4ccccc4-c4ccccc43)C(=O)OC(C)(C)C)cc2)c2ccc(NC(=O)[C@@H](CCCCN)N(C(=O)OCC3c4ccccc4-c4ccccc43)C(=O)OC(C)(C)C)cc2)cc1. The summed E-state index contributed by atoms with van der Waals surface area (Å²) in [5, 5.41) is 8.91. The average molecular weight is 1640 g/mol. The van der Waals surface area contributed by atoms with Crippen LogP contribution in [-0.4, -0.2) is 143 Å². The molecule has 24 heteroatoms. The zero-order chi connectivity index (χ0) is 86.3. The number of unbranched alkanes of at least 4 members (excludes halogenated alkanes) is 3. The van der Waals surface area contributed by atoms with E-state index in [0.29, 0.717) is 72.3 Å². The first-order valence-corrected chi connectivity index (χ1v) is 41.5. The Balaban J connectivity index is 0.846. The molecule has 0 heterocycles. The van der Waals surface area contributed by atoms with E-state index < -0.39 is 95.1 Å². The van der Waals surface area contributed by atoms with Crippen molar-refractivity contribution in [2.75, 3.05) is 55.4 Å². The lowest BCUT2D eigenvalue weighted by atomic mass is 9.85. The van der Waals surface area contributed by atoms with E-state index in [1.165, 1.54) is 0 Å². The number of amides is 9. The molecule has 3 aliphatic carbocycles. The highest BCUT2D eigenvalue weighted by atomic mass is 16.6. The normalized spacial score (nSPS) is 13.5. The second kappa shape index (κ2) is 39.1. The van der Waals surface area contributed by atoms with E-state index in [1.54, 1.807) is 135 Å². The second-order valence-electron chi connectivity index (χ2n) is 33.6. The molecule has 0 aliphatic heterocycles. The van der Waals surface area contributed by atoms with Crippen molar-refractivity contribution in [3.63, 3.8) is 0 Å². The Hall–Kier alpha value is -12.5. The minimum absolute atomic E-state index is 0.00452. The maximum absolute atomic E-state index is 15.1. The van der Waals surface area contributed by atoms with Gasteiger partial charge in [-0.3, -0.25) is 14.4 Å². The highest BCUT2D eigenvalue weighted by Crippen LogP contribution is 2.48. The first-order valence-electron chi connectivity index (χ1n) is 41.5. The maximum Gasteiger partial charge on any atom is 0.420 e. The van der Waals surface area contributed by atoms with Crippen LogP contribution in [0.2, 0.25) is 0 Å². The number of hydrogen-bond donors (Lipinski definition) is 6. The molecule has 632 valence electrons. The summed E-state index contributed by atoms with van der Waals surface area (Å²) in [7, 11) is 0. The van der Waals surface area contributed by atoms with Crippen LogP contribution in [-0.2, 0) is 42.8 Å². The fraction of sp³-hybridized carbons (Fsp3) is 0.351. The number of anilines is 3. The van der Waals surface area contributed by atoms with Crippen molar-refractivity contribution >= 4 is 71.3 Å². The highest BCUT2D eigenvalue weighted by molar-refractivity contribution is 6.04. The number of benzene rings is 9. The first kappa shape index (κ1) is 87.8. The van der Waals surface area contributed by atoms with E-state index in [2.05, 4.69) is 16.0 Å². The standard InChI is InChI=1S/C97H109N9O15/c1-95(2,3)119-92(113)104(89(110)116-58-79-73-34-16-10-28-67(73)68-29-11-17-35-74(68)79)82(40-22-25-55-98)86(107)101-64-49-43-61(44-50-64)85(62-45-51-65(52-46-62)102-87(108)83(41-23-26-56-99)105(93(114)120-96(4,5)6)90(111)117-59-80-75-36-18-12-30-69(75)70-31-13-19-37-76(70)80)63-47-53-66(54-48-63)103-88(109)84(42-24-27-57-100)106(94(115)121-97(7,8)9)91(112)118-60-81-77-38-20-14-32-71(77)72-33-15-21-39-78(72)81/h10-21,28-39,43-54,79-85H,22-27,40-42,55-60,98-100H2,1-9H3,(H,101,107)(H,102,108)(H,103,109)/t82-,83-,84-/m1/s1. The predicted molar refractivity (Wildman–Crippen MR) is 466 cm³/mol. The number of rotatable bonds is 30. The molecule has 12 rings (SSSR count). The molecule has 0 bridgehead atoms. The van der Waals surface area contributed by atoms with Gasteiger partial charge in [0.15, 0.2) is 0 Å². The summed E-state index contributed by atoms with van der Waals surface area (Å²) in [5.74, 6) is -3.88. The maximum atomic E-state index is 15.1. The van der Waals surface area contributed by atoms with Gasteiger partial charge in [-0.15, -0.1) is 0 Å². The van der Waals surface area contributed by atoms with Crippen LogP contribution < -0.4 is 33.2 Å². The Morgan fingerprint density at radius 2 is 0.504 bits per heavy atom. The molecule has 0 saturated carbocycles. The van der Waals surface area contributed by atoms with Crippen LogP contribution in [0.3, 0.4) is 0 Å². The summed E-state index contributed by atoms with van der Waals surface area (Å²) >= 11 is 0. The Morgan fingerprint density at radius 3 is 0.702 bits per heavy atom. The van der Waals surface area contributed by atoms with Crippen molar-refractivity contribution in [2.24, 2.45) is 17.2 Å². The predicted octanol–water partition coefficient (Wildman–Crippen LogP) is 18.7. The lowest BCUT2D eigenvalue weighted by Gasteiger charge is -2.31. The van der Waals surface area contributed by atoms with Crippen molar-refractivity contribution < 1.29 is 71.6 Å². The van der Waals surface area contributed by atoms with Gasteiger partial charge in [0.2, 0.25) is 17.7 Å². The van der Waals surface area contributed by atoms with Crippen LogP contribution in [0.15, 0.2) is 218 Å². The molecule has 9 N–H and O–H groups in total. The molecule has 9 aromatic carbocycles.